The molecule has 1 aliphatic heterocycles. The summed E-state index contributed by atoms with van der Waals surface area (Å²) in [5.74, 6) is -0.684. The van der Waals surface area contributed by atoms with Gasteiger partial charge in [0.25, 0.3) is 5.91 Å². The second kappa shape index (κ2) is 10.4. The molecule has 8 nitrogen and oxygen atoms in total. The number of amides is 2. The molecule has 8 heteroatoms. The van der Waals surface area contributed by atoms with Crippen molar-refractivity contribution >= 4 is 23.9 Å². The van der Waals surface area contributed by atoms with Crippen LogP contribution in [-0.4, -0.2) is 62.1 Å². The van der Waals surface area contributed by atoms with Crippen molar-refractivity contribution in [1.29, 1.82) is 0 Å². The number of esters is 1. The third-order valence-corrected chi connectivity index (χ3v) is 3.83. The van der Waals surface area contributed by atoms with Gasteiger partial charge in [-0.15, -0.1) is 0 Å². The summed E-state index contributed by atoms with van der Waals surface area (Å²) >= 11 is 0. The molecule has 0 radical (unpaired) electrons. The van der Waals surface area contributed by atoms with Gasteiger partial charge in [-0.3, -0.25) is 19.3 Å². The number of carbonyl (C=O) groups is 3. The minimum absolute atomic E-state index is 0.157. The average Bonchev–Trinajstić information content (AvgIpc) is 2.63. The molecule has 146 valence electrons. The normalized spacial score (nSPS) is 15.1. The van der Waals surface area contributed by atoms with Crippen molar-refractivity contribution in [2.24, 2.45) is 0 Å². The molecule has 1 saturated heterocycles. The predicted octanol–water partition coefficient (Wildman–Crippen LogP) is 0.537. The van der Waals surface area contributed by atoms with Crippen molar-refractivity contribution in [3.63, 3.8) is 0 Å². The van der Waals surface area contributed by atoms with Crippen LogP contribution in [0.4, 0.5) is 0 Å². The molecule has 0 bridgehead atoms. The Labute approximate surface area is 158 Å². The molecule has 1 heterocycles. The molecule has 0 aliphatic carbocycles. The van der Waals surface area contributed by atoms with Gasteiger partial charge in [0, 0.05) is 40.0 Å². The van der Waals surface area contributed by atoms with Crippen LogP contribution in [0, 0.1) is 0 Å². The zero-order valence-electron chi connectivity index (χ0n) is 15.6. The van der Waals surface area contributed by atoms with Gasteiger partial charge in [-0.2, -0.15) is 0 Å². The number of nitrogens with one attached hydrogen (secondary N) is 2. The van der Waals surface area contributed by atoms with Gasteiger partial charge < -0.3 is 20.1 Å². The summed E-state index contributed by atoms with van der Waals surface area (Å²) in [5, 5.41) is 5.37. The molecule has 0 aromatic heterocycles. The molecule has 1 aromatic carbocycles. The van der Waals surface area contributed by atoms with Crippen LogP contribution in [0.1, 0.15) is 19.4 Å². The smallest absolute Gasteiger partial charge is 0.308 e. The van der Waals surface area contributed by atoms with Crippen LogP contribution >= 0.6 is 0 Å². The number of morpholine rings is 1. The molecular formula is C19H25N3O5. The first kappa shape index (κ1) is 20.6. The van der Waals surface area contributed by atoms with Crippen LogP contribution in [0.2, 0.25) is 0 Å². The lowest BCUT2D eigenvalue weighted by Crippen LogP contribution is -2.42. The molecule has 0 unspecified atom stereocenters. The van der Waals surface area contributed by atoms with Gasteiger partial charge in [0.05, 0.1) is 13.2 Å². The van der Waals surface area contributed by atoms with Crippen molar-refractivity contribution in [2.45, 2.75) is 13.8 Å². The van der Waals surface area contributed by atoms with E-state index >= 15 is 0 Å². The first-order chi connectivity index (χ1) is 12.9. The van der Waals surface area contributed by atoms with Crippen LogP contribution in [0.5, 0.6) is 5.75 Å². The van der Waals surface area contributed by atoms with E-state index in [1.807, 2.05) is 0 Å². The molecule has 2 N–H and O–H groups in total. The fourth-order valence-electron chi connectivity index (χ4n) is 2.56. The molecular weight excluding hydrogens is 350 g/mol. The van der Waals surface area contributed by atoms with Crippen LogP contribution < -0.4 is 15.4 Å². The van der Waals surface area contributed by atoms with E-state index in [0.717, 1.165) is 19.6 Å². The molecule has 1 aromatic rings. The van der Waals surface area contributed by atoms with E-state index in [1.54, 1.807) is 30.3 Å². The zero-order chi connectivity index (χ0) is 19.6. The molecule has 1 fully saturated rings. The van der Waals surface area contributed by atoms with E-state index in [2.05, 4.69) is 15.5 Å². The molecule has 2 rings (SSSR count). The molecule has 0 saturated carbocycles. The van der Waals surface area contributed by atoms with Crippen LogP contribution in [-0.2, 0) is 19.1 Å². The average molecular weight is 375 g/mol. The second-order valence-corrected chi connectivity index (χ2v) is 6.11. The van der Waals surface area contributed by atoms with Gasteiger partial charge in [0.15, 0.2) is 0 Å². The fraction of sp³-hybridized carbons (Fsp3) is 0.421. The van der Waals surface area contributed by atoms with E-state index in [9.17, 15) is 14.4 Å². The Kier molecular flexibility index (Phi) is 7.97. The molecule has 27 heavy (non-hydrogen) atoms. The Morgan fingerprint density at radius 3 is 2.41 bits per heavy atom. The highest BCUT2D eigenvalue weighted by Gasteiger charge is 2.13. The lowest BCUT2D eigenvalue weighted by atomic mass is 10.1. The first-order valence-corrected chi connectivity index (χ1v) is 8.80. The van der Waals surface area contributed by atoms with Crippen molar-refractivity contribution < 1.29 is 23.9 Å². The number of hydrogen-bond acceptors (Lipinski definition) is 6. The van der Waals surface area contributed by atoms with Gasteiger partial charge in [-0.25, -0.2) is 0 Å². The number of carbonyl (C=O) groups excluding carboxylic acids is 3. The van der Waals surface area contributed by atoms with E-state index in [-0.39, 0.29) is 17.5 Å². The maximum absolute atomic E-state index is 12.4. The molecule has 0 spiro atoms. The lowest BCUT2D eigenvalue weighted by molar-refractivity contribution is -0.131. The Hall–Kier alpha value is -2.71. The Balaban J connectivity index is 1.97. The summed E-state index contributed by atoms with van der Waals surface area (Å²) in [4.78, 5) is 37.0. The van der Waals surface area contributed by atoms with E-state index in [4.69, 9.17) is 9.47 Å². The molecule has 1 aliphatic rings. The summed E-state index contributed by atoms with van der Waals surface area (Å²) in [6.07, 6.45) is 1.57. The predicted molar refractivity (Wildman–Crippen MR) is 99.8 cm³/mol. The standard InChI is InChI=1S/C19H25N3O5/c1-14(23)21-18(13-16-3-5-17(6-4-16)27-15(2)24)19(25)20-7-8-22-9-11-26-12-10-22/h3-6,13H,7-12H2,1-2H3,(H,20,25)(H,21,23). The highest BCUT2D eigenvalue weighted by Crippen LogP contribution is 2.14. The Morgan fingerprint density at radius 1 is 1.15 bits per heavy atom. The highest BCUT2D eigenvalue weighted by molar-refractivity contribution is 6.00. The van der Waals surface area contributed by atoms with Gasteiger partial charge >= 0.3 is 5.97 Å². The quantitative estimate of drug-likeness (QED) is 0.410. The van der Waals surface area contributed by atoms with Crippen LogP contribution in [0.25, 0.3) is 6.08 Å². The number of nitrogens with zero attached hydrogens (tertiary/aromatic N) is 1. The van der Waals surface area contributed by atoms with Gasteiger partial charge in [0.2, 0.25) is 5.91 Å². The SMILES string of the molecule is CC(=O)NC(=Cc1ccc(OC(C)=O)cc1)C(=O)NCCN1CCOCC1. The topological polar surface area (TPSA) is 97.0 Å². The molecule has 2 amide bonds. The minimum atomic E-state index is -0.406. The Bertz CT molecular complexity index is 694. The largest absolute Gasteiger partial charge is 0.427 e. The van der Waals surface area contributed by atoms with Crippen LogP contribution in [0.15, 0.2) is 30.0 Å². The Morgan fingerprint density at radius 2 is 1.81 bits per heavy atom. The van der Waals surface area contributed by atoms with Crippen molar-refractivity contribution in [2.75, 3.05) is 39.4 Å². The second-order valence-electron chi connectivity index (χ2n) is 6.11. The third kappa shape index (κ3) is 7.59. The van der Waals surface area contributed by atoms with E-state index in [1.165, 1.54) is 13.8 Å². The summed E-state index contributed by atoms with van der Waals surface area (Å²) in [7, 11) is 0. The monoisotopic (exact) mass is 375 g/mol. The minimum Gasteiger partial charge on any atom is -0.427 e. The maximum Gasteiger partial charge on any atom is 0.308 e. The van der Waals surface area contributed by atoms with Crippen LogP contribution in [0.3, 0.4) is 0 Å². The molecule has 0 atom stereocenters. The first-order valence-electron chi connectivity index (χ1n) is 8.80. The van der Waals surface area contributed by atoms with Gasteiger partial charge in [-0.05, 0) is 23.8 Å². The van der Waals surface area contributed by atoms with Gasteiger partial charge in [0.1, 0.15) is 11.4 Å². The van der Waals surface area contributed by atoms with Crippen molar-refractivity contribution in [1.82, 2.24) is 15.5 Å². The maximum atomic E-state index is 12.4. The van der Waals surface area contributed by atoms with Crippen molar-refractivity contribution in [3.05, 3.63) is 35.5 Å². The third-order valence-electron chi connectivity index (χ3n) is 3.83. The van der Waals surface area contributed by atoms with Gasteiger partial charge in [-0.1, -0.05) is 12.1 Å². The summed E-state index contributed by atoms with van der Waals surface area (Å²) in [5.41, 5.74) is 0.850. The number of rotatable bonds is 7. The number of ether oxygens (including phenoxy) is 2. The number of benzene rings is 1. The highest BCUT2D eigenvalue weighted by atomic mass is 16.5. The number of hydrogen-bond donors (Lipinski definition) is 2. The summed E-state index contributed by atoms with van der Waals surface area (Å²) in [6, 6.07) is 6.63. The summed E-state index contributed by atoms with van der Waals surface area (Å²) < 4.78 is 10.3. The fourth-order valence-corrected chi connectivity index (χ4v) is 2.56. The van der Waals surface area contributed by atoms with E-state index in [0.29, 0.717) is 31.1 Å². The zero-order valence-corrected chi connectivity index (χ0v) is 15.6. The van der Waals surface area contributed by atoms with E-state index < -0.39 is 5.97 Å². The lowest BCUT2D eigenvalue weighted by Gasteiger charge is -2.26. The van der Waals surface area contributed by atoms with Crippen molar-refractivity contribution in [3.8, 4) is 5.75 Å². The summed E-state index contributed by atoms with van der Waals surface area (Å²) in [6.45, 7) is 6.96.